The smallest absolute Gasteiger partial charge is 0.264 e. The van der Waals surface area contributed by atoms with Crippen molar-refractivity contribution in [2.45, 2.75) is 32.2 Å². The van der Waals surface area contributed by atoms with Crippen LogP contribution < -0.4 is 5.56 Å². The lowest BCUT2D eigenvalue weighted by Gasteiger charge is -2.12. The van der Waals surface area contributed by atoms with E-state index in [1.54, 1.807) is 6.07 Å². The number of fused-ring (bicyclic) bond motifs is 1. The standard InChI is InChI=1S/C29H24N8O/c1-17-14-26(38)31-32-27(17)21-12-13-24-25(15-21)37(29(30-24)20-10-11-20)16-18-6-8-19(9-7-18)22-4-2-3-5-23(22)28-33-35-36-34-28/h2-9,12-15,20H,10-11,16H2,1H3,(H,31,38)(H,33,34,35,36). The summed E-state index contributed by atoms with van der Waals surface area (Å²) < 4.78 is 2.33. The molecular formula is C29H24N8O. The number of hydrogen-bond donors (Lipinski definition) is 2. The molecule has 186 valence electrons. The van der Waals surface area contributed by atoms with Crippen molar-refractivity contribution in [3.05, 3.63) is 100 Å². The second-order valence-corrected chi connectivity index (χ2v) is 9.78. The van der Waals surface area contributed by atoms with Gasteiger partial charge in [-0.15, -0.1) is 10.2 Å². The van der Waals surface area contributed by atoms with Crippen LogP contribution in [0.15, 0.2) is 77.6 Å². The van der Waals surface area contributed by atoms with E-state index in [4.69, 9.17) is 4.98 Å². The van der Waals surface area contributed by atoms with Crippen LogP contribution in [0.4, 0.5) is 0 Å². The van der Waals surface area contributed by atoms with Gasteiger partial charge in [0.25, 0.3) is 5.56 Å². The summed E-state index contributed by atoms with van der Waals surface area (Å²) in [5.74, 6) is 2.21. The van der Waals surface area contributed by atoms with Crippen LogP contribution in [-0.4, -0.2) is 40.4 Å². The molecule has 1 fully saturated rings. The summed E-state index contributed by atoms with van der Waals surface area (Å²) in [7, 11) is 0. The molecule has 0 atom stereocenters. The molecule has 0 unspecified atom stereocenters. The number of tetrazole rings is 1. The number of nitrogens with one attached hydrogen (secondary N) is 2. The third-order valence-corrected chi connectivity index (χ3v) is 7.11. The Hall–Kier alpha value is -4.92. The first-order valence-corrected chi connectivity index (χ1v) is 12.6. The molecule has 0 amide bonds. The first-order valence-electron chi connectivity index (χ1n) is 12.6. The van der Waals surface area contributed by atoms with Crippen LogP contribution in [-0.2, 0) is 6.54 Å². The maximum absolute atomic E-state index is 11.7. The van der Waals surface area contributed by atoms with Crippen LogP contribution in [0.5, 0.6) is 0 Å². The molecule has 0 bridgehead atoms. The average Bonchev–Trinajstić information content (AvgIpc) is 3.51. The molecule has 0 radical (unpaired) electrons. The maximum atomic E-state index is 11.7. The zero-order chi connectivity index (χ0) is 25.6. The van der Waals surface area contributed by atoms with Crippen molar-refractivity contribution in [1.29, 1.82) is 0 Å². The van der Waals surface area contributed by atoms with E-state index in [1.807, 2.05) is 31.2 Å². The fraction of sp³-hybridized carbons (Fsp3) is 0.172. The van der Waals surface area contributed by atoms with Gasteiger partial charge in [0.15, 0.2) is 0 Å². The molecule has 0 saturated heterocycles. The molecular weight excluding hydrogens is 476 g/mol. The summed E-state index contributed by atoms with van der Waals surface area (Å²) in [4.78, 5) is 16.7. The van der Waals surface area contributed by atoms with Gasteiger partial charge in [-0.05, 0) is 59.4 Å². The summed E-state index contributed by atoms with van der Waals surface area (Å²) >= 11 is 0. The summed E-state index contributed by atoms with van der Waals surface area (Å²) in [6, 6.07) is 24.5. The first kappa shape index (κ1) is 22.3. The lowest BCUT2D eigenvalue weighted by Crippen LogP contribution is -2.08. The van der Waals surface area contributed by atoms with Gasteiger partial charge in [-0.25, -0.2) is 10.1 Å². The van der Waals surface area contributed by atoms with Crippen LogP contribution in [0.3, 0.4) is 0 Å². The van der Waals surface area contributed by atoms with Crippen LogP contribution in [0, 0.1) is 6.92 Å². The molecule has 3 heterocycles. The molecule has 1 aliphatic rings. The number of benzene rings is 3. The molecule has 1 aliphatic carbocycles. The molecule has 1 saturated carbocycles. The Morgan fingerprint density at radius 2 is 1.71 bits per heavy atom. The Morgan fingerprint density at radius 1 is 0.921 bits per heavy atom. The topological polar surface area (TPSA) is 118 Å². The number of hydrogen-bond acceptors (Lipinski definition) is 6. The van der Waals surface area contributed by atoms with E-state index in [0.717, 1.165) is 56.9 Å². The van der Waals surface area contributed by atoms with Crippen molar-refractivity contribution in [3.63, 3.8) is 0 Å². The van der Waals surface area contributed by atoms with Crippen molar-refractivity contribution >= 4 is 11.0 Å². The number of H-pyrrole nitrogens is 2. The van der Waals surface area contributed by atoms with Gasteiger partial charge < -0.3 is 4.57 Å². The van der Waals surface area contributed by atoms with Gasteiger partial charge in [0.1, 0.15) is 5.82 Å². The van der Waals surface area contributed by atoms with E-state index in [1.165, 1.54) is 18.4 Å². The zero-order valence-corrected chi connectivity index (χ0v) is 20.7. The minimum atomic E-state index is -0.197. The third kappa shape index (κ3) is 3.98. The van der Waals surface area contributed by atoms with Gasteiger partial charge in [0.2, 0.25) is 5.82 Å². The number of aromatic amines is 2. The molecule has 6 aromatic rings. The fourth-order valence-corrected chi connectivity index (χ4v) is 5.07. The van der Waals surface area contributed by atoms with Crippen LogP contribution >= 0.6 is 0 Å². The minimum Gasteiger partial charge on any atom is -0.323 e. The van der Waals surface area contributed by atoms with E-state index >= 15 is 0 Å². The minimum absolute atomic E-state index is 0.197. The molecule has 0 aliphatic heterocycles. The molecule has 38 heavy (non-hydrogen) atoms. The van der Waals surface area contributed by atoms with Crippen LogP contribution in [0.25, 0.3) is 44.8 Å². The van der Waals surface area contributed by atoms with E-state index in [2.05, 4.69) is 77.9 Å². The van der Waals surface area contributed by atoms with Gasteiger partial charge in [0, 0.05) is 29.7 Å². The number of nitrogens with zero attached hydrogens (tertiary/aromatic N) is 6. The Labute approximate surface area is 217 Å². The van der Waals surface area contributed by atoms with Gasteiger partial charge >= 0.3 is 0 Å². The van der Waals surface area contributed by atoms with Crippen molar-refractivity contribution in [2.24, 2.45) is 0 Å². The average molecular weight is 501 g/mol. The maximum Gasteiger partial charge on any atom is 0.264 e. The number of aromatic nitrogens is 8. The molecule has 3 aromatic heterocycles. The summed E-state index contributed by atoms with van der Waals surface area (Å²) in [5.41, 5.74) is 8.70. The summed E-state index contributed by atoms with van der Waals surface area (Å²) in [6.07, 6.45) is 2.34. The number of imidazole rings is 1. The lowest BCUT2D eigenvalue weighted by atomic mass is 9.98. The summed E-state index contributed by atoms with van der Waals surface area (Å²) in [5, 5.41) is 21.4. The number of aryl methyl sites for hydroxylation is 1. The second-order valence-electron chi connectivity index (χ2n) is 9.78. The lowest BCUT2D eigenvalue weighted by molar-refractivity contribution is 0.747. The van der Waals surface area contributed by atoms with Gasteiger partial charge in [0.05, 0.1) is 16.7 Å². The Bertz CT molecular complexity index is 1830. The Kier molecular flexibility index (Phi) is 5.21. The molecule has 7 rings (SSSR count). The second kappa shape index (κ2) is 8.88. The fourth-order valence-electron chi connectivity index (χ4n) is 5.07. The van der Waals surface area contributed by atoms with Crippen molar-refractivity contribution in [3.8, 4) is 33.8 Å². The largest absolute Gasteiger partial charge is 0.323 e. The van der Waals surface area contributed by atoms with Crippen LogP contribution in [0.2, 0.25) is 0 Å². The molecule has 2 N–H and O–H groups in total. The van der Waals surface area contributed by atoms with Crippen molar-refractivity contribution in [1.82, 2.24) is 40.4 Å². The molecule has 0 spiro atoms. The zero-order valence-electron chi connectivity index (χ0n) is 20.7. The number of rotatable bonds is 6. The van der Waals surface area contributed by atoms with Crippen molar-refractivity contribution in [2.75, 3.05) is 0 Å². The monoisotopic (exact) mass is 500 g/mol. The predicted molar refractivity (Wildman–Crippen MR) is 144 cm³/mol. The SMILES string of the molecule is Cc1cc(=O)[nH]nc1-c1ccc2nc(C3CC3)n(Cc3ccc(-c4ccccc4-c4nn[nH]n4)cc3)c2c1. The highest BCUT2D eigenvalue weighted by Gasteiger charge is 2.30. The van der Waals surface area contributed by atoms with E-state index in [-0.39, 0.29) is 5.56 Å². The summed E-state index contributed by atoms with van der Waals surface area (Å²) in [6.45, 7) is 2.63. The third-order valence-electron chi connectivity index (χ3n) is 7.11. The first-order chi connectivity index (χ1) is 18.6. The molecule has 9 nitrogen and oxygen atoms in total. The Balaban J connectivity index is 1.26. The van der Waals surface area contributed by atoms with E-state index in [0.29, 0.717) is 11.7 Å². The quantitative estimate of drug-likeness (QED) is 0.337. The highest BCUT2D eigenvalue weighted by molar-refractivity contribution is 5.83. The predicted octanol–water partition coefficient (Wildman–Crippen LogP) is 4.87. The highest BCUT2D eigenvalue weighted by Crippen LogP contribution is 2.41. The Morgan fingerprint density at radius 3 is 2.45 bits per heavy atom. The molecule has 9 heteroatoms. The van der Waals surface area contributed by atoms with E-state index < -0.39 is 0 Å². The van der Waals surface area contributed by atoms with E-state index in [9.17, 15) is 4.79 Å². The normalized spacial score (nSPS) is 13.3. The van der Waals surface area contributed by atoms with Gasteiger partial charge in [-0.3, -0.25) is 4.79 Å². The van der Waals surface area contributed by atoms with Crippen LogP contribution in [0.1, 0.15) is 35.7 Å². The van der Waals surface area contributed by atoms with Crippen molar-refractivity contribution < 1.29 is 0 Å². The van der Waals surface area contributed by atoms with Gasteiger partial charge in [-0.2, -0.15) is 10.3 Å². The van der Waals surface area contributed by atoms with Gasteiger partial charge in [-0.1, -0.05) is 54.6 Å². The highest BCUT2D eigenvalue weighted by atomic mass is 16.1. The molecule has 3 aromatic carbocycles.